The summed E-state index contributed by atoms with van der Waals surface area (Å²) in [7, 11) is -1.66. The Labute approximate surface area is 131 Å². The maximum atomic E-state index is 12.3. The fraction of sp³-hybridized carbons (Fsp3) is 0.231. The lowest BCUT2D eigenvalue weighted by Gasteiger charge is -2.09. The molecule has 0 atom stereocenters. The van der Waals surface area contributed by atoms with Gasteiger partial charge in [0.05, 0.1) is 4.90 Å². The molecule has 1 aromatic carbocycles. The van der Waals surface area contributed by atoms with Gasteiger partial charge < -0.3 is 5.32 Å². The van der Waals surface area contributed by atoms with Crippen LogP contribution in [0.3, 0.4) is 0 Å². The van der Waals surface area contributed by atoms with Crippen LogP contribution in [-0.4, -0.2) is 15.5 Å². The lowest BCUT2D eigenvalue weighted by atomic mass is 10.2. The largest absolute Gasteiger partial charge is 0.316 e. The van der Waals surface area contributed by atoms with Crippen molar-refractivity contribution in [2.45, 2.75) is 18.0 Å². The number of nitrogens with one attached hydrogen (secondary N) is 2. The van der Waals surface area contributed by atoms with Gasteiger partial charge in [0.2, 0.25) is 10.0 Å². The van der Waals surface area contributed by atoms with Gasteiger partial charge in [-0.2, -0.15) is 0 Å². The zero-order valence-corrected chi connectivity index (χ0v) is 14.1. The lowest BCUT2D eigenvalue weighted by Crippen LogP contribution is -2.23. The summed E-state index contributed by atoms with van der Waals surface area (Å²) in [5, 5.41) is 4.95. The highest BCUT2D eigenvalue weighted by Crippen LogP contribution is 2.23. The molecule has 0 saturated carbocycles. The van der Waals surface area contributed by atoms with Gasteiger partial charge in [-0.25, -0.2) is 13.1 Å². The molecule has 108 valence electrons. The summed E-state index contributed by atoms with van der Waals surface area (Å²) < 4.78 is 27.7. The van der Waals surface area contributed by atoms with Crippen LogP contribution in [-0.2, 0) is 23.1 Å². The minimum atomic E-state index is -3.51. The van der Waals surface area contributed by atoms with Gasteiger partial charge in [-0.3, -0.25) is 0 Å². The van der Waals surface area contributed by atoms with E-state index in [1.807, 2.05) is 30.6 Å². The van der Waals surface area contributed by atoms with Crippen molar-refractivity contribution in [3.05, 3.63) is 50.6 Å². The van der Waals surface area contributed by atoms with Crippen molar-refractivity contribution in [2.75, 3.05) is 7.05 Å². The molecule has 0 amide bonds. The average Bonchev–Trinajstić information content (AvgIpc) is 2.90. The van der Waals surface area contributed by atoms with Gasteiger partial charge in [0, 0.05) is 22.4 Å². The molecule has 0 aliphatic heterocycles. The minimum Gasteiger partial charge on any atom is -0.316 e. The molecule has 2 aromatic rings. The summed E-state index contributed by atoms with van der Waals surface area (Å²) in [4.78, 5) is 1.24. The first kappa shape index (κ1) is 15.7. The van der Waals surface area contributed by atoms with Gasteiger partial charge in [0.1, 0.15) is 0 Å². The molecular formula is C13H15BrN2O2S2. The van der Waals surface area contributed by atoms with Crippen molar-refractivity contribution >= 4 is 37.3 Å². The van der Waals surface area contributed by atoms with Gasteiger partial charge in [-0.05, 0) is 52.1 Å². The average molecular weight is 375 g/mol. The third-order valence-electron chi connectivity index (χ3n) is 2.68. The first-order valence-corrected chi connectivity index (χ1v) is 9.13. The first-order chi connectivity index (χ1) is 9.53. The van der Waals surface area contributed by atoms with E-state index in [0.29, 0.717) is 17.6 Å². The van der Waals surface area contributed by atoms with Crippen LogP contribution in [0, 0.1) is 0 Å². The van der Waals surface area contributed by atoms with Gasteiger partial charge >= 0.3 is 0 Å². The molecule has 0 spiro atoms. The summed E-state index contributed by atoms with van der Waals surface area (Å²) in [5.74, 6) is 0. The van der Waals surface area contributed by atoms with Crippen LogP contribution in [0.15, 0.2) is 45.1 Å². The van der Waals surface area contributed by atoms with Gasteiger partial charge in [-0.15, -0.1) is 11.3 Å². The van der Waals surface area contributed by atoms with Crippen LogP contribution in [0.5, 0.6) is 0 Å². The Morgan fingerprint density at radius 2 is 2.05 bits per heavy atom. The zero-order chi connectivity index (χ0) is 14.6. The second kappa shape index (κ2) is 6.82. The number of sulfonamides is 1. The van der Waals surface area contributed by atoms with Crippen molar-refractivity contribution in [2.24, 2.45) is 0 Å². The standard InChI is InChI=1S/C13H15BrN2O2S2/c1-15-8-10-4-5-13(12(14)7-10)20(17,18)16-9-11-3-2-6-19-11/h2-7,15-16H,8-9H2,1H3. The second-order valence-electron chi connectivity index (χ2n) is 4.20. The van der Waals surface area contributed by atoms with Crippen LogP contribution >= 0.6 is 27.3 Å². The van der Waals surface area contributed by atoms with E-state index in [4.69, 9.17) is 0 Å². The highest BCUT2D eigenvalue weighted by molar-refractivity contribution is 9.10. The molecule has 0 radical (unpaired) electrons. The molecule has 0 bridgehead atoms. The van der Waals surface area contributed by atoms with E-state index in [-0.39, 0.29) is 4.90 Å². The predicted octanol–water partition coefficient (Wildman–Crippen LogP) is 2.71. The summed E-state index contributed by atoms with van der Waals surface area (Å²) in [5.41, 5.74) is 1.02. The molecular weight excluding hydrogens is 360 g/mol. The number of rotatable bonds is 6. The fourth-order valence-electron chi connectivity index (χ4n) is 1.73. The molecule has 1 aromatic heterocycles. The monoisotopic (exact) mass is 374 g/mol. The summed E-state index contributed by atoms with van der Waals surface area (Å²) in [6.45, 7) is 1.01. The van der Waals surface area contributed by atoms with Crippen LogP contribution < -0.4 is 10.0 Å². The van der Waals surface area contributed by atoms with Crippen molar-refractivity contribution in [3.8, 4) is 0 Å². The van der Waals surface area contributed by atoms with E-state index in [9.17, 15) is 8.42 Å². The van der Waals surface area contributed by atoms with Gasteiger partial charge in [0.15, 0.2) is 0 Å². The van der Waals surface area contributed by atoms with E-state index in [0.717, 1.165) is 10.4 Å². The maximum absolute atomic E-state index is 12.3. The van der Waals surface area contributed by atoms with E-state index in [2.05, 4.69) is 26.0 Å². The smallest absolute Gasteiger partial charge is 0.242 e. The lowest BCUT2D eigenvalue weighted by molar-refractivity contribution is 0.581. The molecule has 0 fully saturated rings. The highest BCUT2D eigenvalue weighted by atomic mass is 79.9. The molecule has 4 nitrogen and oxygen atoms in total. The van der Waals surface area contributed by atoms with Crippen molar-refractivity contribution in [1.82, 2.24) is 10.0 Å². The van der Waals surface area contributed by atoms with E-state index >= 15 is 0 Å². The Bertz CT molecular complexity index is 670. The third-order valence-corrected chi connectivity index (χ3v) is 5.94. The molecule has 7 heteroatoms. The zero-order valence-electron chi connectivity index (χ0n) is 10.9. The SMILES string of the molecule is CNCc1ccc(S(=O)(=O)NCc2cccs2)c(Br)c1. The van der Waals surface area contributed by atoms with Crippen molar-refractivity contribution in [1.29, 1.82) is 0 Å². The molecule has 20 heavy (non-hydrogen) atoms. The van der Waals surface area contributed by atoms with E-state index in [1.165, 1.54) is 11.3 Å². The maximum Gasteiger partial charge on any atom is 0.242 e. The van der Waals surface area contributed by atoms with Crippen molar-refractivity contribution < 1.29 is 8.42 Å². The molecule has 0 unspecified atom stereocenters. The van der Waals surface area contributed by atoms with E-state index in [1.54, 1.807) is 12.1 Å². The second-order valence-corrected chi connectivity index (χ2v) is 7.82. The van der Waals surface area contributed by atoms with Crippen LogP contribution in [0.2, 0.25) is 0 Å². The van der Waals surface area contributed by atoms with Crippen LogP contribution in [0.25, 0.3) is 0 Å². The number of thiophene rings is 1. The van der Waals surface area contributed by atoms with E-state index < -0.39 is 10.0 Å². The van der Waals surface area contributed by atoms with Crippen LogP contribution in [0.4, 0.5) is 0 Å². The Morgan fingerprint density at radius 1 is 1.25 bits per heavy atom. The van der Waals surface area contributed by atoms with Gasteiger partial charge in [-0.1, -0.05) is 12.1 Å². The first-order valence-electron chi connectivity index (χ1n) is 5.98. The molecule has 2 N–H and O–H groups in total. The van der Waals surface area contributed by atoms with Gasteiger partial charge in [0.25, 0.3) is 0 Å². The molecule has 1 heterocycles. The number of benzene rings is 1. The molecule has 0 aliphatic carbocycles. The minimum absolute atomic E-state index is 0.258. The fourth-order valence-corrected chi connectivity index (χ4v) is 4.60. The topological polar surface area (TPSA) is 58.2 Å². The van der Waals surface area contributed by atoms with Crippen molar-refractivity contribution in [3.63, 3.8) is 0 Å². The third kappa shape index (κ3) is 3.89. The number of hydrogen-bond acceptors (Lipinski definition) is 4. The molecule has 0 saturated heterocycles. The summed E-state index contributed by atoms with van der Waals surface area (Å²) in [6, 6.07) is 9.04. The molecule has 2 rings (SSSR count). The number of hydrogen-bond donors (Lipinski definition) is 2. The highest BCUT2D eigenvalue weighted by Gasteiger charge is 2.17. The Kier molecular flexibility index (Phi) is 5.34. The Hall–Kier alpha value is -0.730. The predicted molar refractivity (Wildman–Crippen MR) is 85.3 cm³/mol. The van der Waals surface area contributed by atoms with Crippen LogP contribution in [0.1, 0.15) is 10.4 Å². The Morgan fingerprint density at radius 3 is 2.65 bits per heavy atom. The Balaban J connectivity index is 2.16. The number of halogens is 1. The summed E-state index contributed by atoms with van der Waals surface area (Å²) >= 11 is 4.85. The normalized spacial score (nSPS) is 11.7. The summed E-state index contributed by atoms with van der Waals surface area (Å²) in [6.07, 6.45) is 0. The molecule has 0 aliphatic rings. The quantitative estimate of drug-likeness (QED) is 0.816.